The average molecular weight is 405 g/mol. The summed E-state index contributed by atoms with van der Waals surface area (Å²) in [5.74, 6) is -1.00. The smallest absolute Gasteiger partial charge is 0.339 e. The monoisotopic (exact) mass is 404 g/mol. The number of aliphatic carboxylic acids is 1. The number of benzene rings is 2. The second-order valence-corrected chi connectivity index (χ2v) is 6.85. The summed E-state index contributed by atoms with van der Waals surface area (Å²) in [7, 11) is 0. The van der Waals surface area contributed by atoms with Crippen molar-refractivity contribution in [1.82, 2.24) is 0 Å². The van der Waals surface area contributed by atoms with Crippen LogP contribution in [0.2, 0.25) is 5.02 Å². The van der Waals surface area contributed by atoms with Crippen molar-refractivity contribution in [3.63, 3.8) is 0 Å². The van der Waals surface area contributed by atoms with Crippen molar-refractivity contribution >= 4 is 28.5 Å². The summed E-state index contributed by atoms with van der Waals surface area (Å²) in [6.07, 6.45) is -0.0524. The largest absolute Gasteiger partial charge is 0.488 e. The van der Waals surface area contributed by atoms with Crippen LogP contribution >= 0.6 is 11.6 Å². The summed E-state index contributed by atoms with van der Waals surface area (Å²) < 4.78 is 25.1. The van der Waals surface area contributed by atoms with Crippen LogP contribution in [0.3, 0.4) is 0 Å². The Hall–Kier alpha value is -2.86. The van der Waals surface area contributed by atoms with E-state index < -0.39 is 17.4 Å². The Morgan fingerprint density at radius 1 is 1.18 bits per heavy atom. The normalized spacial score (nSPS) is 11.0. The standard InChI is InChI=1S/C21H18ClFO5/c1-11-13-6-8-18(27-10-15-16(22)4-3-5-17(15)23)12(2)20(13)28-21(26)14(11)7-9-19(24)25/h3-6,8H,7,9-10H2,1-2H3,(H,24,25). The Labute approximate surface area is 165 Å². The molecule has 1 heterocycles. The Bertz CT molecular complexity index is 1100. The van der Waals surface area contributed by atoms with Gasteiger partial charge in [-0.05, 0) is 50.1 Å². The molecule has 0 atom stereocenters. The highest BCUT2D eigenvalue weighted by atomic mass is 35.5. The van der Waals surface area contributed by atoms with Gasteiger partial charge in [0.05, 0.1) is 5.02 Å². The molecule has 3 rings (SSSR count). The lowest BCUT2D eigenvalue weighted by molar-refractivity contribution is -0.136. The number of carbonyl (C=O) groups is 1. The zero-order valence-electron chi connectivity index (χ0n) is 15.3. The van der Waals surface area contributed by atoms with Gasteiger partial charge < -0.3 is 14.3 Å². The molecule has 0 aliphatic heterocycles. The Kier molecular flexibility index (Phi) is 5.70. The minimum absolute atomic E-state index is 0.0717. The summed E-state index contributed by atoms with van der Waals surface area (Å²) >= 11 is 6.02. The van der Waals surface area contributed by atoms with Gasteiger partial charge in [-0.25, -0.2) is 9.18 Å². The highest BCUT2D eigenvalue weighted by molar-refractivity contribution is 6.31. The summed E-state index contributed by atoms with van der Waals surface area (Å²) in [6.45, 7) is 3.42. The second-order valence-electron chi connectivity index (χ2n) is 6.44. The number of hydrogen-bond acceptors (Lipinski definition) is 4. The molecule has 0 radical (unpaired) electrons. The van der Waals surface area contributed by atoms with Crippen molar-refractivity contribution in [1.29, 1.82) is 0 Å². The van der Waals surface area contributed by atoms with E-state index in [0.29, 0.717) is 33.4 Å². The van der Waals surface area contributed by atoms with Crippen LogP contribution < -0.4 is 10.4 Å². The maximum Gasteiger partial charge on any atom is 0.339 e. The van der Waals surface area contributed by atoms with Crippen LogP contribution in [0.4, 0.5) is 4.39 Å². The van der Waals surface area contributed by atoms with Crippen molar-refractivity contribution in [2.75, 3.05) is 0 Å². The van der Waals surface area contributed by atoms with E-state index in [4.69, 9.17) is 25.9 Å². The van der Waals surface area contributed by atoms with Gasteiger partial charge in [0.2, 0.25) is 0 Å². The van der Waals surface area contributed by atoms with Crippen molar-refractivity contribution in [2.45, 2.75) is 33.3 Å². The molecule has 1 N–H and O–H groups in total. The van der Waals surface area contributed by atoms with Crippen LogP contribution in [0.25, 0.3) is 11.0 Å². The molecule has 3 aromatic rings. The van der Waals surface area contributed by atoms with Crippen LogP contribution in [0.15, 0.2) is 39.5 Å². The van der Waals surface area contributed by atoms with E-state index in [2.05, 4.69) is 0 Å². The minimum Gasteiger partial charge on any atom is -0.488 e. The first kappa shape index (κ1) is 19.9. The lowest BCUT2D eigenvalue weighted by atomic mass is 10.0. The lowest BCUT2D eigenvalue weighted by Crippen LogP contribution is -2.13. The van der Waals surface area contributed by atoms with Crippen LogP contribution in [-0.2, 0) is 17.8 Å². The fourth-order valence-corrected chi connectivity index (χ4v) is 3.29. The van der Waals surface area contributed by atoms with Gasteiger partial charge in [0.1, 0.15) is 23.8 Å². The molecule has 0 spiro atoms. The van der Waals surface area contributed by atoms with Gasteiger partial charge in [-0.3, -0.25) is 4.79 Å². The van der Waals surface area contributed by atoms with Crippen molar-refractivity contribution in [3.8, 4) is 5.75 Å². The Morgan fingerprint density at radius 3 is 2.61 bits per heavy atom. The van der Waals surface area contributed by atoms with Crippen LogP contribution in [0.1, 0.15) is 28.7 Å². The molecule has 0 bridgehead atoms. The molecule has 146 valence electrons. The molecule has 7 heteroatoms. The summed E-state index contributed by atoms with van der Waals surface area (Å²) in [5.41, 5.74) is 1.66. The van der Waals surface area contributed by atoms with E-state index >= 15 is 0 Å². The van der Waals surface area contributed by atoms with Gasteiger partial charge in [0, 0.05) is 28.5 Å². The number of rotatable bonds is 6. The average Bonchev–Trinajstić information content (AvgIpc) is 2.63. The fraction of sp³-hybridized carbons (Fsp3) is 0.238. The number of hydrogen-bond donors (Lipinski definition) is 1. The van der Waals surface area contributed by atoms with Gasteiger partial charge in [-0.15, -0.1) is 0 Å². The molecular weight excluding hydrogens is 387 g/mol. The van der Waals surface area contributed by atoms with E-state index in [1.807, 2.05) is 0 Å². The van der Waals surface area contributed by atoms with E-state index in [1.165, 1.54) is 12.1 Å². The second kappa shape index (κ2) is 8.02. The number of carboxylic acids is 1. The molecule has 0 aliphatic carbocycles. The number of fused-ring (bicyclic) bond motifs is 1. The summed E-state index contributed by atoms with van der Waals surface area (Å²) in [4.78, 5) is 23.1. The predicted octanol–water partition coefficient (Wildman–Crippen LogP) is 4.80. The maximum atomic E-state index is 13.9. The van der Waals surface area contributed by atoms with Gasteiger partial charge in [-0.2, -0.15) is 0 Å². The molecule has 1 aromatic heterocycles. The van der Waals surface area contributed by atoms with E-state index in [9.17, 15) is 14.0 Å². The topological polar surface area (TPSA) is 76.7 Å². The molecule has 0 saturated carbocycles. The maximum absolute atomic E-state index is 13.9. The van der Waals surface area contributed by atoms with Crippen LogP contribution in [0.5, 0.6) is 5.75 Å². The zero-order valence-corrected chi connectivity index (χ0v) is 16.1. The molecule has 0 fully saturated rings. The molecule has 5 nitrogen and oxygen atoms in total. The quantitative estimate of drug-likeness (QED) is 0.597. The number of aryl methyl sites for hydroxylation is 2. The molecule has 28 heavy (non-hydrogen) atoms. The Morgan fingerprint density at radius 2 is 1.93 bits per heavy atom. The third kappa shape index (κ3) is 3.87. The summed E-state index contributed by atoms with van der Waals surface area (Å²) in [6, 6.07) is 7.85. The molecule has 2 aromatic carbocycles. The van der Waals surface area contributed by atoms with Crippen molar-refractivity contribution in [3.05, 3.63) is 73.8 Å². The molecule has 0 aliphatic rings. The molecule has 0 unspecified atom stereocenters. The van der Waals surface area contributed by atoms with Gasteiger partial charge in [0.15, 0.2) is 0 Å². The molecular formula is C21H18ClFO5. The highest BCUT2D eigenvalue weighted by Gasteiger charge is 2.16. The highest BCUT2D eigenvalue weighted by Crippen LogP contribution is 2.31. The number of carboxylic acid groups (broad SMARTS) is 1. The van der Waals surface area contributed by atoms with E-state index in [0.717, 1.165) is 0 Å². The van der Waals surface area contributed by atoms with Gasteiger partial charge >= 0.3 is 11.6 Å². The first-order chi connectivity index (χ1) is 13.3. The number of ether oxygens (including phenoxy) is 1. The molecule has 0 amide bonds. The predicted molar refractivity (Wildman–Crippen MR) is 104 cm³/mol. The zero-order chi connectivity index (χ0) is 20.4. The fourth-order valence-electron chi connectivity index (χ4n) is 3.07. The summed E-state index contributed by atoms with van der Waals surface area (Å²) in [5, 5.41) is 9.83. The first-order valence-electron chi connectivity index (χ1n) is 8.63. The van der Waals surface area contributed by atoms with E-state index in [-0.39, 0.29) is 30.0 Å². The minimum atomic E-state index is -0.981. The van der Waals surface area contributed by atoms with Crippen LogP contribution in [0, 0.1) is 19.7 Å². The van der Waals surface area contributed by atoms with Crippen molar-refractivity contribution < 1.29 is 23.4 Å². The lowest BCUT2D eigenvalue weighted by Gasteiger charge is -2.14. The van der Waals surface area contributed by atoms with E-state index in [1.54, 1.807) is 32.0 Å². The third-order valence-corrected chi connectivity index (χ3v) is 5.03. The third-order valence-electron chi connectivity index (χ3n) is 4.68. The first-order valence-corrected chi connectivity index (χ1v) is 9.00. The van der Waals surface area contributed by atoms with Crippen LogP contribution in [-0.4, -0.2) is 11.1 Å². The van der Waals surface area contributed by atoms with Gasteiger partial charge in [-0.1, -0.05) is 17.7 Å². The Balaban J connectivity index is 1.96. The van der Waals surface area contributed by atoms with Crippen molar-refractivity contribution in [2.24, 2.45) is 0 Å². The molecule has 0 saturated heterocycles. The van der Waals surface area contributed by atoms with Gasteiger partial charge in [0.25, 0.3) is 0 Å². The SMILES string of the molecule is Cc1c(CCC(=O)O)c(=O)oc2c(C)c(OCc3c(F)cccc3Cl)ccc12. The number of halogens is 2.